The third-order valence-corrected chi connectivity index (χ3v) is 4.06. The van der Waals surface area contributed by atoms with Crippen molar-refractivity contribution in [2.24, 2.45) is 5.73 Å². The summed E-state index contributed by atoms with van der Waals surface area (Å²) in [5.41, 5.74) is 12.4. The fourth-order valence-corrected chi connectivity index (χ4v) is 3.22. The van der Waals surface area contributed by atoms with Gasteiger partial charge in [0, 0.05) is 21.4 Å². The summed E-state index contributed by atoms with van der Waals surface area (Å²) in [4.78, 5) is 0.395. The second kappa shape index (κ2) is 5.94. The van der Waals surface area contributed by atoms with Gasteiger partial charge in [0.15, 0.2) is 0 Å². The Labute approximate surface area is 133 Å². The predicted octanol–water partition coefficient (Wildman–Crippen LogP) is 4.75. The summed E-state index contributed by atoms with van der Waals surface area (Å²) in [6.07, 6.45) is 0. The maximum Gasteiger partial charge on any atom is 0.105 e. The van der Waals surface area contributed by atoms with Crippen LogP contribution in [0.3, 0.4) is 0 Å². The molecule has 2 aromatic rings. The Hall–Kier alpha value is -1.39. The molecule has 0 radical (unpaired) electrons. The molecule has 2 rings (SSSR count). The van der Waals surface area contributed by atoms with E-state index in [-0.39, 0.29) is 0 Å². The summed E-state index contributed by atoms with van der Waals surface area (Å²) in [5.74, 6) is 0. The molecular weight excluding hydrogens is 332 g/mol. The van der Waals surface area contributed by atoms with E-state index in [1.807, 2.05) is 18.2 Å². The lowest BCUT2D eigenvalue weighted by molar-refractivity contribution is 1.31. The quantitative estimate of drug-likeness (QED) is 0.785. The molecule has 0 fully saturated rings. The van der Waals surface area contributed by atoms with E-state index in [1.165, 1.54) is 16.7 Å². The fraction of sp³-hybridized carbons (Fsp3) is 0.188. The van der Waals surface area contributed by atoms with E-state index in [1.54, 1.807) is 0 Å². The van der Waals surface area contributed by atoms with Crippen molar-refractivity contribution in [2.45, 2.75) is 20.8 Å². The lowest BCUT2D eigenvalue weighted by Crippen LogP contribution is -2.10. The Morgan fingerprint density at radius 2 is 1.70 bits per heavy atom. The van der Waals surface area contributed by atoms with Crippen molar-refractivity contribution in [1.29, 1.82) is 0 Å². The smallest absolute Gasteiger partial charge is 0.105 e. The molecule has 0 bridgehead atoms. The topological polar surface area (TPSA) is 38.0 Å². The molecular formula is C16H17BrN2S. The Morgan fingerprint density at radius 1 is 1.10 bits per heavy atom. The molecule has 0 spiro atoms. The van der Waals surface area contributed by atoms with E-state index < -0.39 is 0 Å². The summed E-state index contributed by atoms with van der Waals surface area (Å²) in [6.45, 7) is 6.33. The summed E-state index contributed by atoms with van der Waals surface area (Å²) in [7, 11) is 0. The molecule has 20 heavy (non-hydrogen) atoms. The molecule has 3 N–H and O–H groups in total. The number of nitrogens with one attached hydrogen (secondary N) is 1. The van der Waals surface area contributed by atoms with E-state index in [0.29, 0.717) is 4.99 Å². The first-order valence-corrected chi connectivity index (χ1v) is 7.53. The van der Waals surface area contributed by atoms with E-state index in [0.717, 1.165) is 21.4 Å². The monoisotopic (exact) mass is 348 g/mol. The van der Waals surface area contributed by atoms with E-state index >= 15 is 0 Å². The highest BCUT2D eigenvalue weighted by molar-refractivity contribution is 9.10. The van der Waals surface area contributed by atoms with Crippen molar-refractivity contribution in [3.63, 3.8) is 0 Å². The number of halogens is 1. The number of hydrogen-bond donors (Lipinski definition) is 2. The highest BCUT2D eigenvalue weighted by Crippen LogP contribution is 2.28. The van der Waals surface area contributed by atoms with Gasteiger partial charge < -0.3 is 11.1 Å². The summed E-state index contributed by atoms with van der Waals surface area (Å²) < 4.78 is 0.900. The van der Waals surface area contributed by atoms with Gasteiger partial charge in [-0.25, -0.2) is 0 Å². The van der Waals surface area contributed by atoms with Crippen LogP contribution in [0.5, 0.6) is 0 Å². The molecule has 0 heterocycles. The molecule has 4 heteroatoms. The first-order valence-electron chi connectivity index (χ1n) is 6.32. The van der Waals surface area contributed by atoms with E-state index in [4.69, 9.17) is 18.0 Å². The van der Waals surface area contributed by atoms with Crippen LogP contribution in [0.4, 0.5) is 11.4 Å². The second-order valence-corrected chi connectivity index (χ2v) is 6.25. The van der Waals surface area contributed by atoms with Crippen molar-refractivity contribution in [2.75, 3.05) is 5.32 Å². The minimum Gasteiger partial charge on any atom is -0.389 e. The third kappa shape index (κ3) is 3.19. The summed E-state index contributed by atoms with van der Waals surface area (Å²) >= 11 is 8.51. The molecule has 0 aliphatic rings. The lowest BCUT2D eigenvalue weighted by Gasteiger charge is -2.15. The largest absolute Gasteiger partial charge is 0.389 e. The van der Waals surface area contributed by atoms with Crippen LogP contribution in [0.1, 0.15) is 22.3 Å². The van der Waals surface area contributed by atoms with Gasteiger partial charge in [-0.3, -0.25) is 0 Å². The van der Waals surface area contributed by atoms with Crippen LogP contribution >= 0.6 is 28.1 Å². The molecule has 104 valence electrons. The van der Waals surface area contributed by atoms with Gasteiger partial charge in [-0.2, -0.15) is 0 Å². The van der Waals surface area contributed by atoms with Crippen molar-refractivity contribution in [3.8, 4) is 0 Å². The van der Waals surface area contributed by atoms with Gasteiger partial charge in [0.05, 0.1) is 0 Å². The average molecular weight is 349 g/mol. The van der Waals surface area contributed by atoms with Crippen LogP contribution in [0, 0.1) is 20.8 Å². The zero-order valence-corrected chi connectivity index (χ0v) is 14.2. The SMILES string of the molecule is Cc1cc(C)c(Nc2ccc(C(N)=S)c(Br)c2)c(C)c1. The normalized spacial score (nSPS) is 10.4. The van der Waals surface area contributed by atoms with Gasteiger partial charge in [0.2, 0.25) is 0 Å². The minimum atomic E-state index is 0.395. The molecule has 0 atom stereocenters. The zero-order valence-electron chi connectivity index (χ0n) is 11.8. The Bertz CT molecular complexity index is 657. The number of nitrogens with two attached hydrogens (primary N) is 1. The standard InChI is InChI=1S/C16H17BrN2S/c1-9-6-10(2)15(11(3)7-9)19-12-4-5-13(16(18)20)14(17)8-12/h4-8,19H,1-3H3,(H2,18,20). The van der Waals surface area contributed by atoms with Crippen LogP contribution in [0.15, 0.2) is 34.8 Å². The number of aryl methyl sites for hydroxylation is 3. The van der Waals surface area contributed by atoms with Crippen molar-refractivity contribution >= 4 is 44.5 Å². The number of anilines is 2. The zero-order chi connectivity index (χ0) is 14.9. The highest BCUT2D eigenvalue weighted by atomic mass is 79.9. The first kappa shape index (κ1) is 15.0. The van der Waals surface area contributed by atoms with Gasteiger partial charge in [-0.1, -0.05) is 29.9 Å². The molecule has 0 aromatic heterocycles. The maximum absolute atomic E-state index is 5.66. The Morgan fingerprint density at radius 3 is 2.20 bits per heavy atom. The summed E-state index contributed by atoms with van der Waals surface area (Å²) in [6, 6.07) is 10.3. The van der Waals surface area contributed by atoms with Gasteiger partial charge in [0.25, 0.3) is 0 Å². The molecule has 0 saturated carbocycles. The van der Waals surface area contributed by atoms with Crippen LogP contribution in [0.25, 0.3) is 0 Å². The first-order chi connectivity index (χ1) is 9.38. The number of benzene rings is 2. The van der Waals surface area contributed by atoms with E-state index in [2.05, 4.69) is 54.2 Å². The Kier molecular flexibility index (Phi) is 4.45. The predicted molar refractivity (Wildman–Crippen MR) is 94.0 cm³/mol. The molecule has 0 saturated heterocycles. The lowest BCUT2D eigenvalue weighted by atomic mass is 10.0. The highest BCUT2D eigenvalue weighted by Gasteiger charge is 2.07. The van der Waals surface area contributed by atoms with Gasteiger partial charge in [0.1, 0.15) is 4.99 Å². The van der Waals surface area contributed by atoms with Gasteiger partial charge in [-0.15, -0.1) is 0 Å². The average Bonchev–Trinajstić information content (AvgIpc) is 2.33. The molecule has 2 aromatic carbocycles. The van der Waals surface area contributed by atoms with Gasteiger partial charge in [-0.05, 0) is 66.0 Å². The summed E-state index contributed by atoms with van der Waals surface area (Å²) in [5, 5.41) is 3.46. The number of hydrogen-bond acceptors (Lipinski definition) is 2. The molecule has 0 aliphatic carbocycles. The maximum atomic E-state index is 5.66. The Balaban J connectivity index is 2.36. The van der Waals surface area contributed by atoms with Gasteiger partial charge >= 0.3 is 0 Å². The molecule has 0 unspecified atom stereocenters. The molecule has 0 amide bonds. The second-order valence-electron chi connectivity index (χ2n) is 4.96. The van der Waals surface area contributed by atoms with Crippen LogP contribution < -0.4 is 11.1 Å². The molecule has 2 nitrogen and oxygen atoms in total. The van der Waals surface area contributed by atoms with Crippen LogP contribution in [0.2, 0.25) is 0 Å². The van der Waals surface area contributed by atoms with Crippen LogP contribution in [-0.2, 0) is 0 Å². The molecule has 0 aliphatic heterocycles. The third-order valence-electron chi connectivity index (χ3n) is 3.18. The number of rotatable bonds is 3. The van der Waals surface area contributed by atoms with Crippen molar-refractivity contribution < 1.29 is 0 Å². The minimum absolute atomic E-state index is 0.395. The number of thiocarbonyl (C=S) groups is 1. The van der Waals surface area contributed by atoms with Crippen molar-refractivity contribution in [1.82, 2.24) is 0 Å². The van der Waals surface area contributed by atoms with E-state index in [9.17, 15) is 0 Å². The fourth-order valence-electron chi connectivity index (χ4n) is 2.31. The van der Waals surface area contributed by atoms with Crippen LogP contribution in [-0.4, -0.2) is 4.99 Å². The van der Waals surface area contributed by atoms with Crippen molar-refractivity contribution in [3.05, 3.63) is 57.1 Å².